The first-order valence-electron chi connectivity index (χ1n) is 11.3. The van der Waals surface area contributed by atoms with Crippen LogP contribution in [0.4, 0.5) is 0 Å². The number of carbonyl (C=O) groups excluding carboxylic acids is 2. The Kier molecular flexibility index (Phi) is 6.24. The number of ketones is 1. The molecule has 5 rings (SSSR count). The van der Waals surface area contributed by atoms with Crippen LogP contribution in [-0.4, -0.2) is 65.4 Å². The molecule has 3 aromatic rings. The fourth-order valence-electron chi connectivity index (χ4n) is 4.83. The summed E-state index contributed by atoms with van der Waals surface area (Å²) in [6.07, 6.45) is 1.75. The summed E-state index contributed by atoms with van der Waals surface area (Å²) in [4.78, 5) is 33.9. The van der Waals surface area contributed by atoms with Gasteiger partial charge in [-0.3, -0.25) is 9.59 Å². The molecule has 34 heavy (non-hydrogen) atoms. The summed E-state index contributed by atoms with van der Waals surface area (Å²) in [7, 11) is 0. The average Bonchev–Trinajstić information content (AvgIpc) is 3.31. The lowest BCUT2D eigenvalue weighted by Gasteiger charge is -2.30. The van der Waals surface area contributed by atoms with E-state index in [4.69, 9.17) is 4.74 Å². The number of hydrogen-bond acceptors (Lipinski definition) is 5. The van der Waals surface area contributed by atoms with E-state index in [1.165, 1.54) is 4.90 Å². The molecule has 9 heteroatoms. The van der Waals surface area contributed by atoms with E-state index >= 15 is 0 Å². The van der Waals surface area contributed by atoms with Crippen molar-refractivity contribution in [1.82, 2.24) is 14.3 Å². The highest BCUT2D eigenvalue weighted by Crippen LogP contribution is 2.39. The molecular weight excluding hydrogens is 500 g/mol. The number of pyridine rings is 1. The van der Waals surface area contributed by atoms with E-state index in [2.05, 4.69) is 20.9 Å². The average molecular weight is 525 g/mol. The number of quaternary nitrogens is 1. The highest BCUT2D eigenvalue weighted by atomic mass is 79.9. The van der Waals surface area contributed by atoms with Crippen LogP contribution in [0.5, 0.6) is 0 Å². The van der Waals surface area contributed by atoms with Crippen molar-refractivity contribution in [3.8, 4) is 0 Å². The van der Waals surface area contributed by atoms with E-state index in [0.29, 0.717) is 43.3 Å². The van der Waals surface area contributed by atoms with E-state index in [1.807, 2.05) is 30.3 Å². The van der Waals surface area contributed by atoms with Gasteiger partial charge in [-0.25, -0.2) is 4.98 Å². The Hall–Kier alpha value is -3.01. The fraction of sp³-hybridized carbons (Fsp3) is 0.320. The summed E-state index contributed by atoms with van der Waals surface area (Å²) in [5, 5.41) is 13.9. The molecule has 2 fully saturated rings. The number of morpholine rings is 1. The van der Waals surface area contributed by atoms with Crippen LogP contribution in [0.2, 0.25) is 0 Å². The van der Waals surface area contributed by atoms with Gasteiger partial charge in [0.2, 0.25) is 5.78 Å². The summed E-state index contributed by atoms with van der Waals surface area (Å²) in [6, 6.07) is 12.1. The SMILES string of the molecule is Cc1nc2ccccn2c1/C([O-])=C1\C(=O)C(=O)N(CC[NH+]2CCOCC2)C1c1cccc(Br)c1. The number of imidazole rings is 1. The van der Waals surface area contributed by atoms with Crippen LogP contribution < -0.4 is 10.0 Å². The molecule has 1 aromatic carbocycles. The second-order valence-corrected chi connectivity index (χ2v) is 9.53. The highest BCUT2D eigenvalue weighted by molar-refractivity contribution is 9.10. The van der Waals surface area contributed by atoms with Gasteiger partial charge in [0.1, 0.15) is 18.7 Å². The molecule has 176 valence electrons. The number of hydrogen-bond donors (Lipinski definition) is 1. The highest BCUT2D eigenvalue weighted by Gasteiger charge is 2.44. The lowest BCUT2D eigenvalue weighted by molar-refractivity contribution is -0.907. The minimum atomic E-state index is -0.751. The normalized spacial score (nSPS) is 21.0. The van der Waals surface area contributed by atoms with Crippen molar-refractivity contribution >= 4 is 39.0 Å². The van der Waals surface area contributed by atoms with Crippen molar-refractivity contribution in [1.29, 1.82) is 0 Å². The number of amides is 1. The van der Waals surface area contributed by atoms with Crippen LogP contribution in [0.25, 0.3) is 11.4 Å². The van der Waals surface area contributed by atoms with Crippen LogP contribution in [-0.2, 0) is 14.3 Å². The molecule has 1 N–H and O–H groups in total. The number of nitrogens with zero attached hydrogens (tertiary/aromatic N) is 3. The Morgan fingerprint density at radius 3 is 2.76 bits per heavy atom. The molecule has 0 saturated carbocycles. The summed E-state index contributed by atoms with van der Waals surface area (Å²) < 4.78 is 7.93. The Morgan fingerprint density at radius 1 is 1.21 bits per heavy atom. The number of aryl methyl sites for hydroxylation is 1. The topological polar surface area (TPSA) is 91.4 Å². The summed E-state index contributed by atoms with van der Waals surface area (Å²) in [5.41, 5.74) is 2.15. The van der Waals surface area contributed by atoms with Crippen LogP contribution in [0.3, 0.4) is 0 Å². The van der Waals surface area contributed by atoms with E-state index in [-0.39, 0.29) is 5.57 Å². The van der Waals surface area contributed by atoms with Crippen LogP contribution >= 0.6 is 15.9 Å². The first kappa shape index (κ1) is 22.8. The minimum absolute atomic E-state index is 0.0196. The maximum Gasteiger partial charge on any atom is 0.295 e. The summed E-state index contributed by atoms with van der Waals surface area (Å²) in [5.74, 6) is -1.83. The third kappa shape index (κ3) is 4.04. The Morgan fingerprint density at radius 2 is 2.00 bits per heavy atom. The van der Waals surface area contributed by atoms with Crippen molar-refractivity contribution in [2.24, 2.45) is 0 Å². The largest absolute Gasteiger partial charge is 0.871 e. The van der Waals surface area contributed by atoms with Gasteiger partial charge in [0.15, 0.2) is 0 Å². The van der Waals surface area contributed by atoms with E-state index < -0.39 is 23.5 Å². The van der Waals surface area contributed by atoms with E-state index in [1.54, 1.807) is 34.6 Å². The molecule has 2 aliphatic heterocycles. The molecule has 0 bridgehead atoms. The van der Waals surface area contributed by atoms with Gasteiger partial charge in [-0.05, 0) is 36.8 Å². The van der Waals surface area contributed by atoms with E-state index in [9.17, 15) is 14.7 Å². The van der Waals surface area contributed by atoms with E-state index in [0.717, 1.165) is 23.1 Å². The minimum Gasteiger partial charge on any atom is -0.871 e. The third-order valence-corrected chi connectivity index (χ3v) is 7.01. The zero-order valence-electron chi connectivity index (χ0n) is 18.8. The number of carbonyl (C=O) groups is 2. The smallest absolute Gasteiger partial charge is 0.295 e. The number of benzene rings is 1. The van der Waals surface area contributed by atoms with Gasteiger partial charge in [-0.15, -0.1) is 0 Å². The van der Waals surface area contributed by atoms with Gasteiger partial charge in [0, 0.05) is 16.2 Å². The molecule has 2 aromatic heterocycles. The molecule has 8 nitrogen and oxygen atoms in total. The number of likely N-dealkylation sites (tertiary alicyclic amines) is 1. The van der Waals surface area contributed by atoms with Gasteiger partial charge in [0.25, 0.3) is 5.91 Å². The zero-order valence-corrected chi connectivity index (χ0v) is 20.4. The zero-order chi connectivity index (χ0) is 23.8. The van der Waals surface area contributed by atoms with Gasteiger partial charge in [-0.2, -0.15) is 0 Å². The summed E-state index contributed by atoms with van der Waals surface area (Å²) >= 11 is 3.49. The lowest BCUT2D eigenvalue weighted by Crippen LogP contribution is -3.14. The number of aromatic nitrogens is 2. The Labute approximate surface area is 205 Å². The van der Waals surface area contributed by atoms with Crippen molar-refractivity contribution in [3.05, 3.63) is 75.7 Å². The van der Waals surface area contributed by atoms with Crippen molar-refractivity contribution in [2.45, 2.75) is 13.0 Å². The predicted molar refractivity (Wildman–Crippen MR) is 127 cm³/mol. The predicted octanol–water partition coefficient (Wildman–Crippen LogP) is 0.544. The third-order valence-electron chi connectivity index (χ3n) is 6.52. The number of Topliss-reactive ketones (excluding diaryl/α,β-unsaturated/α-hetero) is 1. The molecule has 1 amide bonds. The molecule has 2 saturated heterocycles. The van der Waals surface area contributed by atoms with Gasteiger partial charge >= 0.3 is 0 Å². The van der Waals surface area contributed by atoms with Gasteiger partial charge in [0.05, 0.1) is 43.7 Å². The molecule has 1 unspecified atom stereocenters. The van der Waals surface area contributed by atoms with Gasteiger partial charge in [-0.1, -0.05) is 39.9 Å². The molecular formula is C25H25BrN4O4. The second kappa shape index (κ2) is 9.32. The number of rotatable bonds is 5. The molecule has 0 spiro atoms. The van der Waals surface area contributed by atoms with Crippen LogP contribution in [0.15, 0.2) is 58.7 Å². The number of nitrogens with one attached hydrogen (secondary N) is 1. The number of halogens is 1. The molecule has 2 aliphatic rings. The van der Waals surface area contributed by atoms with Crippen molar-refractivity contribution in [3.63, 3.8) is 0 Å². The maximum absolute atomic E-state index is 13.9. The number of ether oxygens (including phenoxy) is 1. The molecule has 0 aliphatic carbocycles. The first-order valence-corrected chi connectivity index (χ1v) is 12.1. The summed E-state index contributed by atoms with van der Waals surface area (Å²) in [6.45, 7) is 5.88. The quantitative estimate of drug-likeness (QED) is 0.299. The van der Waals surface area contributed by atoms with Crippen LogP contribution in [0.1, 0.15) is 23.0 Å². The van der Waals surface area contributed by atoms with Crippen LogP contribution in [0, 0.1) is 6.92 Å². The molecule has 1 atom stereocenters. The fourth-order valence-corrected chi connectivity index (χ4v) is 5.24. The number of fused-ring (bicyclic) bond motifs is 1. The standard InChI is InChI=1S/C25H25BrN4O4/c1-16-21(29-8-3-2-7-19(29)27-16)23(31)20-22(17-5-4-6-18(26)15-17)30(25(33)24(20)32)10-9-28-11-13-34-14-12-28/h2-8,15,22,31H,9-14H2,1H3/b23-20+. The van der Waals surface area contributed by atoms with Crippen molar-refractivity contribution < 1.29 is 24.3 Å². The maximum atomic E-state index is 13.9. The first-order chi connectivity index (χ1) is 16.5. The molecule has 4 heterocycles. The molecule has 0 radical (unpaired) electrons. The van der Waals surface area contributed by atoms with Gasteiger partial charge < -0.3 is 24.0 Å². The Bertz CT molecular complexity index is 1300. The van der Waals surface area contributed by atoms with Crippen molar-refractivity contribution in [2.75, 3.05) is 39.4 Å². The second-order valence-electron chi connectivity index (χ2n) is 8.62. The Balaban J connectivity index is 1.61. The monoisotopic (exact) mass is 524 g/mol. The lowest BCUT2D eigenvalue weighted by atomic mass is 9.96.